The Morgan fingerprint density at radius 3 is 2.62 bits per heavy atom. The van der Waals surface area contributed by atoms with Crippen LogP contribution >= 0.6 is 0 Å². The van der Waals surface area contributed by atoms with Crippen LogP contribution in [0.3, 0.4) is 0 Å². The summed E-state index contributed by atoms with van der Waals surface area (Å²) < 4.78 is 5.36. The highest BCUT2D eigenvalue weighted by Crippen LogP contribution is 2.59. The molecule has 5 heteroatoms. The number of hydrogen-bond donors (Lipinski definition) is 1. The molecule has 5 nitrogen and oxygen atoms in total. The number of pyridine rings is 1. The van der Waals surface area contributed by atoms with Gasteiger partial charge < -0.3 is 15.0 Å². The fourth-order valence-electron chi connectivity index (χ4n) is 3.51. The van der Waals surface area contributed by atoms with Gasteiger partial charge >= 0.3 is 0 Å². The molecule has 2 fully saturated rings. The van der Waals surface area contributed by atoms with E-state index in [0.29, 0.717) is 5.92 Å². The first-order chi connectivity index (χ1) is 11.4. The monoisotopic (exact) mass is 329 g/mol. The van der Waals surface area contributed by atoms with Crippen LogP contribution in [0.5, 0.6) is 0 Å². The number of allylic oxidation sites excluding steroid dienone is 2. The zero-order valence-corrected chi connectivity index (χ0v) is 15.0. The molecule has 130 valence electrons. The first kappa shape index (κ1) is 17.0. The first-order valence-electron chi connectivity index (χ1n) is 8.64. The van der Waals surface area contributed by atoms with Crippen LogP contribution in [0, 0.1) is 17.3 Å². The van der Waals surface area contributed by atoms with Crippen molar-refractivity contribution in [1.82, 2.24) is 4.98 Å². The third-order valence-electron chi connectivity index (χ3n) is 5.06. The number of ether oxygens (including phenoxy) is 1. The van der Waals surface area contributed by atoms with Gasteiger partial charge in [-0.3, -0.25) is 4.79 Å². The Bertz CT molecular complexity index is 627. The summed E-state index contributed by atoms with van der Waals surface area (Å²) in [5.74, 6) is 1.38. The molecule has 2 atom stereocenters. The molecule has 1 aromatic heterocycles. The molecule has 2 heterocycles. The van der Waals surface area contributed by atoms with Crippen molar-refractivity contribution >= 4 is 17.4 Å². The van der Waals surface area contributed by atoms with E-state index in [2.05, 4.69) is 49.0 Å². The Labute approximate surface area is 144 Å². The molecule has 0 spiro atoms. The highest BCUT2D eigenvalue weighted by Gasteiger charge is 2.60. The maximum absolute atomic E-state index is 12.6. The third-order valence-corrected chi connectivity index (χ3v) is 5.06. The highest BCUT2D eigenvalue weighted by atomic mass is 16.5. The Morgan fingerprint density at radius 1 is 1.33 bits per heavy atom. The van der Waals surface area contributed by atoms with Gasteiger partial charge in [0.05, 0.1) is 31.0 Å². The predicted octanol–water partition coefficient (Wildman–Crippen LogP) is 3.10. The number of amides is 1. The predicted molar refractivity (Wildman–Crippen MR) is 96.1 cm³/mol. The van der Waals surface area contributed by atoms with Crippen molar-refractivity contribution < 1.29 is 9.53 Å². The lowest BCUT2D eigenvalue weighted by atomic mass is 10.1. The minimum absolute atomic E-state index is 0.0303. The van der Waals surface area contributed by atoms with Gasteiger partial charge in [-0.2, -0.15) is 0 Å². The second-order valence-corrected chi connectivity index (χ2v) is 7.56. The van der Waals surface area contributed by atoms with Gasteiger partial charge in [0.2, 0.25) is 5.91 Å². The summed E-state index contributed by atoms with van der Waals surface area (Å²) in [6.07, 6.45) is 3.96. The molecular weight excluding hydrogens is 302 g/mol. The lowest BCUT2D eigenvalue weighted by molar-refractivity contribution is -0.118. The largest absolute Gasteiger partial charge is 0.378 e. The summed E-state index contributed by atoms with van der Waals surface area (Å²) in [5, 5.41) is 3.02. The lowest BCUT2D eigenvalue weighted by Gasteiger charge is -2.27. The van der Waals surface area contributed by atoms with Crippen molar-refractivity contribution in [2.75, 3.05) is 36.5 Å². The van der Waals surface area contributed by atoms with Crippen LogP contribution in [0.1, 0.15) is 27.7 Å². The van der Waals surface area contributed by atoms with Crippen molar-refractivity contribution in [3.63, 3.8) is 0 Å². The quantitative estimate of drug-likeness (QED) is 0.863. The molecule has 0 bridgehead atoms. The number of aromatic nitrogens is 1. The summed E-state index contributed by atoms with van der Waals surface area (Å²) in [5.41, 5.74) is 2.05. The molecule has 0 aromatic carbocycles. The minimum Gasteiger partial charge on any atom is -0.378 e. The van der Waals surface area contributed by atoms with Crippen molar-refractivity contribution in [3.8, 4) is 0 Å². The number of nitrogens with one attached hydrogen (secondary N) is 1. The number of carbonyl (C=O) groups is 1. The van der Waals surface area contributed by atoms with Gasteiger partial charge in [0, 0.05) is 13.1 Å². The Morgan fingerprint density at radius 2 is 2.04 bits per heavy atom. The van der Waals surface area contributed by atoms with Crippen LogP contribution in [-0.4, -0.2) is 37.2 Å². The molecule has 1 amide bonds. The normalized spacial score (nSPS) is 25.1. The molecule has 3 rings (SSSR count). The Balaban J connectivity index is 1.62. The number of morpholine rings is 1. The third kappa shape index (κ3) is 3.46. The van der Waals surface area contributed by atoms with Crippen molar-refractivity contribution in [2.24, 2.45) is 17.3 Å². The van der Waals surface area contributed by atoms with E-state index < -0.39 is 0 Å². The van der Waals surface area contributed by atoms with Crippen LogP contribution in [0.4, 0.5) is 11.5 Å². The smallest absolute Gasteiger partial charge is 0.228 e. The van der Waals surface area contributed by atoms with Crippen LogP contribution < -0.4 is 10.2 Å². The van der Waals surface area contributed by atoms with Crippen molar-refractivity contribution in [3.05, 3.63) is 30.0 Å². The zero-order valence-electron chi connectivity index (χ0n) is 15.0. The molecule has 1 saturated heterocycles. The van der Waals surface area contributed by atoms with E-state index in [4.69, 9.17) is 4.74 Å². The van der Waals surface area contributed by atoms with Crippen LogP contribution in [0.25, 0.3) is 0 Å². The molecule has 1 saturated carbocycles. The lowest BCUT2D eigenvalue weighted by Crippen LogP contribution is -2.36. The van der Waals surface area contributed by atoms with Gasteiger partial charge in [0.1, 0.15) is 5.82 Å². The van der Waals surface area contributed by atoms with E-state index in [9.17, 15) is 4.79 Å². The molecule has 2 unspecified atom stereocenters. The molecule has 24 heavy (non-hydrogen) atoms. The molecule has 1 aliphatic carbocycles. The fraction of sp³-hybridized carbons (Fsp3) is 0.579. The van der Waals surface area contributed by atoms with Crippen LogP contribution in [0.15, 0.2) is 30.0 Å². The van der Waals surface area contributed by atoms with E-state index in [-0.39, 0.29) is 17.2 Å². The topological polar surface area (TPSA) is 54.5 Å². The second-order valence-electron chi connectivity index (χ2n) is 7.56. The maximum Gasteiger partial charge on any atom is 0.228 e. The SMILES string of the molecule is CC(C)=CC1C(C(=O)Nc2ccc(N3CCOCC3)nc2)C1(C)C. The average Bonchev–Trinajstić information content (AvgIpc) is 3.08. The molecule has 1 aromatic rings. The second kappa shape index (κ2) is 6.55. The summed E-state index contributed by atoms with van der Waals surface area (Å²) in [6.45, 7) is 11.7. The van der Waals surface area contributed by atoms with E-state index in [1.54, 1.807) is 6.20 Å². The molecule has 0 radical (unpaired) electrons. The molecule has 2 aliphatic rings. The van der Waals surface area contributed by atoms with Gasteiger partial charge in [-0.05, 0) is 37.3 Å². The number of rotatable bonds is 4. The molecule has 1 aliphatic heterocycles. The zero-order chi connectivity index (χ0) is 17.3. The minimum atomic E-state index is 0.0303. The van der Waals surface area contributed by atoms with E-state index in [0.717, 1.165) is 37.8 Å². The van der Waals surface area contributed by atoms with Crippen LogP contribution in [0.2, 0.25) is 0 Å². The number of nitrogens with zero attached hydrogens (tertiary/aromatic N) is 2. The summed E-state index contributed by atoms with van der Waals surface area (Å²) >= 11 is 0. The number of anilines is 2. The number of carbonyl (C=O) groups excluding carboxylic acids is 1. The van der Waals surface area contributed by atoms with E-state index >= 15 is 0 Å². The maximum atomic E-state index is 12.6. The Hall–Kier alpha value is -1.88. The van der Waals surface area contributed by atoms with Crippen molar-refractivity contribution in [2.45, 2.75) is 27.7 Å². The van der Waals surface area contributed by atoms with Gasteiger partial charge in [0.15, 0.2) is 0 Å². The van der Waals surface area contributed by atoms with E-state index in [1.807, 2.05) is 12.1 Å². The van der Waals surface area contributed by atoms with E-state index in [1.165, 1.54) is 5.57 Å². The highest BCUT2D eigenvalue weighted by molar-refractivity contribution is 5.95. The Kier molecular flexibility index (Phi) is 4.63. The standard InChI is InChI=1S/C19H27N3O2/c1-13(2)11-15-17(19(15,3)4)18(23)21-14-5-6-16(20-12-14)22-7-9-24-10-8-22/h5-6,11-12,15,17H,7-10H2,1-4H3,(H,21,23). The van der Waals surface area contributed by atoms with Gasteiger partial charge in [-0.15, -0.1) is 0 Å². The fourth-order valence-corrected chi connectivity index (χ4v) is 3.51. The molecule has 1 N–H and O–H groups in total. The van der Waals surface area contributed by atoms with Crippen LogP contribution in [-0.2, 0) is 9.53 Å². The average molecular weight is 329 g/mol. The summed E-state index contributed by atoms with van der Waals surface area (Å²) in [6, 6.07) is 3.90. The first-order valence-corrected chi connectivity index (χ1v) is 8.64. The summed E-state index contributed by atoms with van der Waals surface area (Å²) in [4.78, 5) is 19.3. The van der Waals surface area contributed by atoms with Crippen molar-refractivity contribution in [1.29, 1.82) is 0 Å². The summed E-state index contributed by atoms with van der Waals surface area (Å²) in [7, 11) is 0. The van der Waals surface area contributed by atoms with Gasteiger partial charge in [-0.1, -0.05) is 25.5 Å². The van der Waals surface area contributed by atoms with Gasteiger partial charge in [-0.25, -0.2) is 4.98 Å². The number of hydrogen-bond acceptors (Lipinski definition) is 4. The van der Waals surface area contributed by atoms with Gasteiger partial charge in [0.25, 0.3) is 0 Å². The molecular formula is C19H27N3O2.